The molecule has 0 saturated carbocycles. The largest absolute Gasteiger partial charge is 0.321 e. The maximum Gasteiger partial charge on any atom is 0.274 e. The molecule has 0 saturated heterocycles. The molecule has 31 heavy (non-hydrogen) atoms. The summed E-state index contributed by atoms with van der Waals surface area (Å²) in [5.41, 5.74) is 3.41. The van der Waals surface area contributed by atoms with Gasteiger partial charge >= 0.3 is 0 Å². The van der Waals surface area contributed by atoms with Crippen molar-refractivity contribution in [3.8, 4) is 0 Å². The summed E-state index contributed by atoms with van der Waals surface area (Å²) in [6.07, 6.45) is 3.94. The number of rotatable bonds is 6. The van der Waals surface area contributed by atoms with Crippen molar-refractivity contribution < 1.29 is 13.2 Å². The predicted molar refractivity (Wildman–Crippen MR) is 119 cm³/mol. The van der Waals surface area contributed by atoms with Crippen molar-refractivity contribution in [2.75, 3.05) is 10.0 Å². The molecule has 0 unspecified atom stereocenters. The third-order valence-corrected chi connectivity index (χ3v) is 6.10. The first-order chi connectivity index (χ1) is 14.9. The molecule has 4 aromatic rings. The Hall–Kier alpha value is -3.72. The Balaban J connectivity index is 1.56. The van der Waals surface area contributed by atoms with Crippen LogP contribution < -0.4 is 10.0 Å². The number of nitrogens with one attached hydrogen (secondary N) is 2. The van der Waals surface area contributed by atoms with Gasteiger partial charge < -0.3 is 5.32 Å². The van der Waals surface area contributed by atoms with Crippen molar-refractivity contribution in [3.05, 3.63) is 83.9 Å². The molecule has 158 valence electrons. The van der Waals surface area contributed by atoms with Crippen LogP contribution >= 0.6 is 0 Å². The minimum atomic E-state index is -3.78. The summed E-state index contributed by atoms with van der Waals surface area (Å²) in [6.45, 7) is 3.91. The van der Waals surface area contributed by atoms with Crippen LogP contribution in [-0.4, -0.2) is 28.7 Å². The van der Waals surface area contributed by atoms with E-state index in [-0.39, 0.29) is 16.6 Å². The molecule has 1 amide bonds. The van der Waals surface area contributed by atoms with Gasteiger partial charge in [-0.25, -0.2) is 18.4 Å². The lowest BCUT2D eigenvalue weighted by Crippen LogP contribution is -2.17. The first-order valence-electron chi connectivity index (χ1n) is 9.70. The first-order valence-corrected chi connectivity index (χ1v) is 11.2. The summed E-state index contributed by atoms with van der Waals surface area (Å²) in [6, 6.07) is 14.7. The van der Waals surface area contributed by atoms with E-state index in [1.807, 2.05) is 32.2 Å². The quantitative estimate of drug-likeness (QED) is 0.481. The number of pyridine rings is 2. The molecule has 0 spiro atoms. The number of aryl methyl sites for hydroxylation is 2. The van der Waals surface area contributed by atoms with Gasteiger partial charge in [0.15, 0.2) is 0 Å². The Morgan fingerprint density at radius 1 is 1.10 bits per heavy atom. The summed E-state index contributed by atoms with van der Waals surface area (Å²) < 4.78 is 29.2. The summed E-state index contributed by atoms with van der Waals surface area (Å²) in [5.74, 6) is -0.0785. The average molecular weight is 436 g/mol. The van der Waals surface area contributed by atoms with Crippen LogP contribution in [0.15, 0.2) is 71.9 Å². The van der Waals surface area contributed by atoms with Gasteiger partial charge in [-0.3, -0.25) is 13.9 Å². The first kappa shape index (κ1) is 20.5. The minimum absolute atomic E-state index is 0.0654. The van der Waals surface area contributed by atoms with Crippen molar-refractivity contribution in [2.45, 2.75) is 25.2 Å². The molecule has 8 nitrogen and oxygen atoms in total. The number of carbonyl (C=O) groups is 1. The van der Waals surface area contributed by atoms with E-state index in [2.05, 4.69) is 20.0 Å². The van der Waals surface area contributed by atoms with Crippen LogP contribution in [0.5, 0.6) is 0 Å². The van der Waals surface area contributed by atoms with Crippen LogP contribution in [0.25, 0.3) is 5.65 Å². The van der Waals surface area contributed by atoms with Crippen LogP contribution in [0.4, 0.5) is 11.5 Å². The Morgan fingerprint density at radius 3 is 2.55 bits per heavy atom. The fourth-order valence-electron chi connectivity index (χ4n) is 3.21. The van der Waals surface area contributed by atoms with Gasteiger partial charge in [0.05, 0.1) is 10.6 Å². The SMILES string of the molecule is CCc1nc2cc(C)ccn2c1C(=O)Nc1ccc(S(=O)(=O)Nc2ccccn2)cc1. The second-order valence-electron chi connectivity index (χ2n) is 6.99. The molecule has 3 aromatic heterocycles. The average Bonchev–Trinajstić information content (AvgIpc) is 3.12. The molecular formula is C22H21N5O3S. The number of benzene rings is 1. The second-order valence-corrected chi connectivity index (χ2v) is 8.67. The lowest BCUT2D eigenvalue weighted by molar-refractivity contribution is 0.102. The Kier molecular flexibility index (Phi) is 5.43. The Labute approximate surface area is 180 Å². The lowest BCUT2D eigenvalue weighted by atomic mass is 10.2. The third-order valence-electron chi connectivity index (χ3n) is 4.73. The van der Waals surface area contributed by atoms with E-state index >= 15 is 0 Å². The number of fused-ring (bicyclic) bond motifs is 1. The van der Waals surface area contributed by atoms with Crippen molar-refractivity contribution in [3.63, 3.8) is 0 Å². The lowest BCUT2D eigenvalue weighted by Gasteiger charge is -2.09. The highest BCUT2D eigenvalue weighted by molar-refractivity contribution is 7.92. The van der Waals surface area contributed by atoms with Crippen molar-refractivity contribution >= 4 is 33.1 Å². The van der Waals surface area contributed by atoms with Gasteiger partial charge in [0.25, 0.3) is 15.9 Å². The molecule has 0 aliphatic heterocycles. The molecule has 1 aromatic carbocycles. The van der Waals surface area contributed by atoms with E-state index in [4.69, 9.17) is 0 Å². The molecule has 0 atom stereocenters. The second kappa shape index (κ2) is 8.19. The number of amides is 1. The van der Waals surface area contributed by atoms with Crippen LogP contribution in [0.3, 0.4) is 0 Å². The fraction of sp³-hybridized carbons (Fsp3) is 0.136. The molecule has 0 aliphatic carbocycles. The van der Waals surface area contributed by atoms with Crippen molar-refractivity contribution in [1.82, 2.24) is 14.4 Å². The van der Waals surface area contributed by atoms with Crippen LogP contribution in [0.2, 0.25) is 0 Å². The third kappa shape index (κ3) is 4.26. The topological polar surface area (TPSA) is 105 Å². The molecule has 9 heteroatoms. The number of imidazole rings is 1. The molecule has 0 fully saturated rings. The van der Waals surface area contributed by atoms with Gasteiger partial charge in [-0.2, -0.15) is 0 Å². The maximum atomic E-state index is 13.0. The number of anilines is 2. The highest BCUT2D eigenvalue weighted by Gasteiger charge is 2.19. The fourth-order valence-corrected chi connectivity index (χ4v) is 4.22. The molecule has 3 heterocycles. The van der Waals surface area contributed by atoms with Crippen molar-refractivity contribution in [2.24, 2.45) is 0 Å². The summed E-state index contributed by atoms with van der Waals surface area (Å²) in [7, 11) is -3.78. The Bertz CT molecular complexity index is 1350. The number of hydrogen-bond donors (Lipinski definition) is 2. The smallest absolute Gasteiger partial charge is 0.274 e. The van der Waals surface area contributed by atoms with Crippen LogP contribution in [-0.2, 0) is 16.4 Å². The van der Waals surface area contributed by atoms with E-state index in [1.165, 1.54) is 18.3 Å². The summed E-state index contributed by atoms with van der Waals surface area (Å²) in [4.78, 5) is 21.5. The molecule has 2 N–H and O–H groups in total. The van der Waals surface area contributed by atoms with E-state index < -0.39 is 10.0 Å². The van der Waals surface area contributed by atoms with Gasteiger partial charge in [0.2, 0.25) is 0 Å². The Morgan fingerprint density at radius 2 is 1.87 bits per heavy atom. The highest BCUT2D eigenvalue weighted by Crippen LogP contribution is 2.20. The van der Waals surface area contributed by atoms with Gasteiger partial charge in [-0.15, -0.1) is 0 Å². The van der Waals surface area contributed by atoms with Gasteiger partial charge in [-0.1, -0.05) is 13.0 Å². The highest BCUT2D eigenvalue weighted by atomic mass is 32.2. The predicted octanol–water partition coefficient (Wildman–Crippen LogP) is 3.65. The number of nitrogens with zero attached hydrogens (tertiary/aromatic N) is 3. The molecule has 0 aliphatic rings. The van der Waals surface area contributed by atoms with E-state index in [0.29, 0.717) is 29.1 Å². The van der Waals surface area contributed by atoms with E-state index in [9.17, 15) is 13.2 Å². The monoisotopic (exact) mass is 435 g/mol. The summed E-state index contributed by atoms with van der Waals surface area (Å²) in [5, 5.41) is 2.83. The number of aromatic nitrogens is 3. The number of hydrogen-bond acceptors (Lipinski definition) is 5. The van der Waals surface area contributed by atoms with Gasteiger partial charge in [0, 0.05) is 18.1 Å². The van der Waals surface area contributed by atoms with Gasteiger partial charge in [-0.05, 0) is 67.4 Å². The normalized spacial score (nSPS) is 11.4. The minimum Gasteiger partial charge on any atom is -0.321 e. The van der Waals surface area contributed by atoms with E-state index in [0.717, 1.165) is 5.56 Å². The van der Waals surface area contributed by atoms with Crippen LogP contribution in [0.1, 0.15) is 28.7 Å². The van der Waals surface area contributed by atoms with Crippen LogP contribution in [0, 0.1) is 6.92 Å². The summed E-state index contributed by atoms with van der Waals surface area (Å²) >= 11 is 0. The number of carbonyl (C=O) groups excluding carboxylic acids is 1. The maximum absolute atomic E-state index is 13.0. The van der Waals surface area contributed by atoms with E-state index in [1.54, 1.807) is 34.7 Å². The zero-order valence-electron chi connectivity index (χ0n) is 17.0. The zero-order valence-corrected chi connectivity index (χ0v) is 17.8. The molecular weight excluding hydrogens is 414 g/mol. The molecule has 0 radical (unpaired) electrons. The molecule has 4 rings (SSSR count). The van der Waals surface area contributed by atoms with Crippen molar-refractivity contribution in [1.29, 1.82) is 0 Å². The number of sulfonamides is 1. The molecule has 0 bridgehead atoms. The standard InChI is InChI=1S/C22H21N5O3S/c1-3-18-21(27-13-11-15(2)14-20(27)25-18)22(28)24-16-7-9-17(10-8-16)31(29,30)26-19-6-4-5-12-23-19/h4-14H,3H2,1-2H3,(H,23,26)(H,24,28). The van der Waals surface area contributed by atoms with Gasteiger partial charge in [0.1, 0.15) is 17.2 Å². The zero-order chi connectivity index (χ0) is 22.0.